The van der Waals surface area contributed by atoms with Gasteiger partial charge in [0.2, 0.25) is 5.91 Å². The molecular formula is C23H19NOS3. The third-order valence-corrected chi connectivity index (χ3v) is 7.95. The molecule has 5 heteroatoms. The van der Waals surface area contributed by atoms with Gasteiger partial charge in [-0.05, 0) is 47.2 Å². The molecule has 140 valence electrons. The number of allylic oxidation sites excluding steroid dienone is 3. The van der Waals surface area contributed by atoms with Gasteiger partial charge in [-0.2, -0.15) is 0 Å². The van der Waals surface area contributed by atoms with Gasteiger partial charge in [-0.3, -0.25) is 4.79 Å². The Balaban J connectivity index is 1.46. The maximum Gasteiger partial charge on any atom is 0.243 e. The summed E-state index contributed by atoms with van der Waals surface area (Å²) >= 11 is 5.39. The third-order valence-electron chi connectivity index (χ3n) is 4.31. The van der Waals surface area contributed by atoms with Crippen molar-refractivity contribution in [3.63, 3.8) is 0 Å². The Morgan fingerprint density at radius 1 is 0.929 bits per heavy atom. The van der Waals surface area contributed by atoms with Crippen LogP contribution in [0.1, 0.15) is 11.3 Å². The number of thiophene rings is 2. The lowest BCUT2D eigenvalue weighted by Gasteiger charge is -2.09. The predicted octanol–water partition coefficient (Wildman–Crippen LogP) is 6.81. The van der Waals surface area contributed by atoms with Crippen LogP contribution in [0.4, 0.5) is 0 Å². The molecule has 1 aliphatic rings. The Kier molecular flexibility index (Phi) is 5.95. The van der Waals surface area contributed by atoms with Crippen molar-refractivity contribution in [3.8, 4) is 20.2 Å². The lowest BCUT2D eigenvalue weighted by molar-refractivity contribution is -0.116. The van der Waals surface area contributed by atoms with E-state index in [0.717, 1.165) is 12.0 Å². The first-order valence-electron chi connectivity index (χ1n) is 8.94. The van der Waals surface area contributed by atoms with E-state index in [1.807, 2.05) is 34.8 Å². The summed E-state index contributed by atoms with van der Waals surface area (Å²) < 4.78 is 0. The van der Waals surface area contributed by atoms with Gasteiger partial charge in [0, 0.05) is 37.5 Å². The fourth-order valence-electron chi connectivity index (χ4n) is 2.81. The first-order chi connectivity index (χ1) is 13.7. The highest BCUT2D eigenvalue weighted by Crippen LogP contribution is 2.43. The molecule has 0 unspecified atom stereocenters. The fourth-order valence-corrected chi connectivity index (χ4v) is 5.94. The minimum absolute atomic E-state index is 0.0746. The Morgan fingerprint density at radius 2 is 1.61 bits per heavy atom. The molecule has 3 heterocycles. The Hall–Kier alpha value is -2.34. The molecule has 0 aliphatic carbocycles. The summed E-state index contributed by atoms with van der Waals surface area (Å²) in [5, 5.41) is 4.73. The number of likely N-dealkylation sites (N-methyl/N-ethyl adjacent to an activating group) is 1. The SMILES string of the molecule is CNC(=O)/C=C/C1=CSC(c2ccc(-c3ccc(-c4ccccc4)s3)s2)=CC1. The molecule has 28 heavy (non-hydrogen) atoms. The number of thioether (sulfide) groups is 1. The van der Waals surface area contributed by atoms with Crippen molar-refractivity contribution < 1.29 is 4.79 Å². The Labute approximate surface area is 177 Å². The van der Waals surface area contributed by atoms with E-state index in [0.29, 0.717) is 0 Å². The summed E-state index contributed by atoms with van der Waals surface area (Å²) in [6, 6.07) is 19.4. The molecule has 0 radical (unpaired) electrons. The van der Waals surface area contributed by atoms with E-state index in [-0.39, 0.29) is 5.91 Å². The number of carbonyl (C=O) groups is 1. The summed E-state index contributed by atoms with van der Waals surface area (Å²) in [5.74, 6) is -0.0746. The first kappa shape index (κ1) is 19.0. The molecule has 1 aliphatic heterocycles. The van der Waals surface area contributed by atoms with E-state index < -0.39 is 0 Å². The molecule has 0 atom stereocenters. The number of hydrogen-bond donors (Lipinski definition) is 1. The van der Waals surface area contributed by atoms with Crippen LogP contribution in [0.2, 0.25) is 0 Å². The highest BCUT2D eigenvalue weighted by atomic mass is 32.2. The highest BCUT2D eigenvalue weighted by Gasteiger charge is 2.12. The zero-order chi connectivity index (χ0) is 19.3. The molecule has 1 amide bonds. The second kappa shape index (κ2) is 8.78. The zero-order valence-corrected chi connectivity index (χ0v) is 17.8. The van der Waals surface area contributed by atoms with Crippen molar-refractivity contribution in [1.29, 1.82) is 0 Å². The number of hydrogen-bond acceptors (Lipinski definition) is 4. The van der Waals surface area contributed by atoms with E-state index in [1.165, 1.54) is 30.0 Å². The van der Waals surface area contributed by atoms with Crippen LogP contribution in [0.3, 0.4) is 0 Å². The Morgan fingerprint density at radius 3 is 2.29 bits per heavy atom. The highest BCUT2D eigenvalue weighted by molar-refractivity contribution is 8.11. The van der Waals surface area contributed by atoms with Crippen molar-refractivity contribution in [1.82, 2.24) is 5.32 Å². The number of benzene rings is 1. The lowest BCUT2D eigenvalue weighted by atomic mass is 10.2. The van der Waals surface area contributed by atoms with Crippen LogP contribution >= 0.6 is 34.4 Å². The van der Waals surface area contributed by atoms with Gasteiger partial charge in [-0.25, -0.2) is 0 Å². The zero-order valence-electron chi connectivity index (χ0n) is 15.3. The van der Waals surface area contributed by atoms with Crippen LogP contribution in [-0.2, 0) is 4.79 Å². The summed E-state index contributed by atoms with van der Waals surface area (Å²) in [6.07, 6.45) is 6.55. The molecule has 0 bridgehead atoms. The van der Waals surface area contributed by atoms with Crippen molar-refractivity contribution in [3.05, 3.63) is 88.7 Å². The lowest BCUT2D eigenvalue weighted by Crippen LogP contribution is -2.14. The van der Waals surface area contributed by atoms with Crippen LogP contribution in [0.5, 0.6) is 0 Å². The second-order valence-corrected chi connectivity index (χ2v) is 9.30. The fraction of sp³-hybridized carbons (Fsp3) is 0.0870. The summed E-state index contributed by atoms with van der Waals surface area (Å²) in [5.41, 5.74) is 2.42. The van der Waals surface area contributed by atoms with Crippen LogP contribution in [-0.4, -0.2) is 13.0 Å². The van der Waals surface area contributed by atoms with E-state index in [4.69, 9.17) is 0 Å². The van der Waals surface area contributed by atoms with Gasteiger partial charge in [-0.1, -0.05) is 54.2 Å². The smallest absolute Gasteiger partial charge is 0.243 e. The summed E-state index contributed by atoms with van der Waals surface area (Å²) in [6.45, 7) is 0. The molecule has 2 nitrogen and oxygen atoms in total. The van der Waals surface area contributed by atoms with Gasteiger partial charge < -0.3 is 5.32 Å². The molecule has 0 saturated heterocycles. The third kappa shape index (κ3) is 4.38. The average Bonchev–Trinajstić information content (AvgIpc) is 3.43. The van der Waals surface area contributed by atoms with Gasteiger partial charge in [0.15, 0.2) is 0 Å². The molecule has 2 aromatic heterocycles. The number of rotatable bonds is 5. The topological polar surface area (TPSA) is 29.1 Å². The molecule has 3 aromatic rings. The van der Waals surface area contributed by atoms with Crippen molar-refractivity contribution in [2.24, 2.45) is 0 Å². The molecular weight excluding hydrogens is 402 g/mol. The summed E-state index contributed by atoms with van der Waals surface area (Å²) in [4.78, 5) is 17.8. The first-order valence-corrected chi connectivity index (χ1v) is 11.5. The molecule has 1 N–H and O–H groups in total. The average molecular weight is 422 g/mol. The summed E-state index contributed by atoms with van der Waals surface area (Å²) in [7, 11) is 1.64. The monoisotopic (exact) mass is 421 g/mol. The van der Waals surface area contributed by atoms with Gasteiger partial charge in [0.05, 0.1) is 0 Å². The van der Waals surface area contributed by atoms with Crippen LogP contribution < -0.4 is 5.32 Å². The van der Waals surface area contributed by atoms with Crippen LogP contribution in [0.25, 0.3) is 25.1 Å². The Bertz CT molecular complexity index is 1070. The normalized spacial score (nSPS) is 14.0. The molecule has 0 spiro atoms. The maximum atomic E-state index is 11.3. The predicted molar refractivity (Wildman–Crippen MR) is 125 cm³/mol. The second-order valence-electron chi connectivity index (χ2n) is 6.22. The van der Waals surface area contributed by atoms with E-state index in [2.05, 4.69) is 65.3 Å². The minimum atomic E-state index is -0.0746. The van der Waals surface area contributed by atoms with Gasteiger partial charge in [0.25, 0.3) is 0 Å². The van der Waals surface area contributed by atoms with Crippen LogP contribution in [0.15, 0.2) is 83.8 Å². The molecule has 4 rings (SSSR count). The number of nitrogens with one attached hydrogen (secondary N) is 1. The van der Waals surface area contributed by atoms with Gasteiger partial charge in [-0.15, -0.1) is 22.7 Å². The number of amides is 1. The van der Waals surface area contributed by atoms with E-state index in [9.17, 15) is 4.79 Å². The van der Waals surface area contributed by atoms with Gasteiger partial charge in [0.1, 0.15) is 0 Å². The molecule has 1 aromatic carbocycles. The standard InChI is InChI=1S/C23H19NOS3/c1-24-23(25)14-8-16-7-9-19(26-15-16)20-12-13-22(28-20)21-11-10-18(27-21)17-5-3-2-4-6-17/h2-6,8-15H,7H2,1H3,(H,24,25)/b14-8+. The quantitative estimate of drug-likeness (QED) is 0.459. The van der Waals surface area contributed by atoms with Crippen LogP contribution in [0, 0.1) is 0 Å². The maximum absolute atomic E-state index is 11.3. The van der Waals surface area contributed by atoms with Gasteiger partial charge >= 0.3 is 0 Å². The largest absolute Gasteiger partial charge is 0.356 e. The van der Waals surface area contributed by atoms with Crippen molar-refractivity contribution in [2.75, 3.05) is 7.05 Å². The van der Waals surface area contributed by atoms with E-state index >= 15 is 0 Å². The minimum Gasteiger partial charge on any atom is -0.356 e. The van der Waals surface area contributed by atoms with E-state index in [1.54, 1.807) is 24.9 Å². The molecule has 0 saturated carbocycles. The number of carbonyl (C=O) groups excluding carboxylic acids is 1. The molecule has 0 fully saturated rings. The van der Waals surface area contributed by atoms with Crippen molar-refractivity contribution >= 4 is 45.2 Å². The van der Waals surface area contributed by atoms with Crippen molar-refractivity contribution in [2.45, 2.75) is 6.42 Å².